The fourth-order valence-electron chi connectivity index (χ4n) is 1.55. The van der Waals surface area contributed by atoms with Crippen molar-refractivity contribution in [3.8, 4) is 0 Å². The third kappa shape index (κ3) is 4.61. The number of likely N-dealkylation sites (N-methyl/N-ethyl adjacent to an activating group) is 2. The van der Waals surface area contributed by atoms with E-state index in [1.165, 1.54) is 4.88 Å². The summed E-state index contributed by atoms with van der Waals surface area (Å²) in [5.41, 5.74) is 5.89. The van der Waals surface area contributed by atoms with E-state index in [-0.39, 0.29) is 0 Å². The Morgan fingerprint density at radius 3 is 2.35 bits per heavy atom. The van der Waals surface area contributed by atoms with E-state index in [2.05, 4.69) is 68.9 Å². The van der Waals surface area contributed by atoms with Gasteiger partial charge in [-0.1, -0.05) is 0 Å². The van der Waals surface area contributed by atoms with Crippen molar-refractivity contribution in [3.63, 3.8) is 0 Å². The molecular formula is C11H19Br2N3S. The van der Waals surface area contributed by atoms with Crippen molar-refractivity contribution in [3.05, 3.63) is 19.2 Å². The van der Waals surface area contributed by atoms with Crippen LogP contribution < -0.4 is 5.73 Å². The Morgan fingerprint density at radius 2 is 1.94 bits per heavy atom. The van der Waals surface area contributed by atoms with Crippen LogP contribution in [0.2, 0.25) is 0 Å². The van der Waals surface area contributed by atoms with Crippen molar-refractivity contribution in [2.75, 3.05) is 40.8 Å². The van der Waals surface area contributed by atoms with Gasteiger partial charge in [0.25, 0.3) is 0 Å². The average molecular weight is 385 g/mol. The molecule has 1 aromatic heterocycles. The first-order valence-electron chi connectivity index (χ1n) is 5.45. The van der Waals surface area contributed by atoms with Gasteiger partial charge in [-0.2, -0.15) is 0 Å². The maximum atomic E-state index is 5.89. The SMILES string of the molecule is CN(C)CCN(C)C(CN)c1cc(Br)c(Br)s1. The zero-order chi connectivity index (χ0) is 13.0. The second kappa shape index (κ2) is 7.21. The first-order chi connectivity index (χ1) is 7.95. The Labute approximate surface area is 124 Å². The molecule has 17 heavy (non-hydrogen) atoms. The van der Waals surface area contributed by atoms with Crippen molar-refractivity contribution in [2.45, 2.75) is 6.04 Å². The molecule has 0 radical (unpaired) electrons. The van der Waals surface area contributed by atoms with Crippen LogP contribution in [0.25, 0.3) is 0 Å². The van der Waals surface area contributed by atoms with Crippen LogP contribution in [0.1, 0.15) is 10.9 Å². The summed E-state index contributed by atoms with van der Waals surface area (Å²) in [5.74, 6) is 0. The number of nitrogens with zero attached hydrogens (tertiary/aromatic N) is 2. The number of hydrogen-bond acceptors (Lipinski definition) is 4. The first kappa shape index (κ1) is 15.6. The molecule has 1 rings (SSSR count). The quantitative estimate of drug-likeness (QED) is 0.818. The normalized spacial score (nSPS) is 13.6. The molecule has 0 bridgehead atoms. The van der Waals surface area contributed by atoms with Crippen LogP contribution in [-0.2, 0) is 0 Å². The van der Waals surface area contributed by atoms with Gasteiger partial charge in [0.15, 0.2) is 0 Å². The fraction of sp³-hybridized carbons (Fsp3) is 0.636. The molecule has 0 aliphatic heterocycles. The zero-order valence-electron chi connectivity index (χ0n) is 10.4. The monoisotopic (exact) mass is 383 g/mol. The number of thiophene rings is 1. The lowest BCUT2D eigenvalue weighted by Gasteiger charge is -2.27. The summed E-state index contributed by atoms with van der Waals surface area (Å²) in [6.45, 7) is 2.70. The van der Waals surface area contributed by atoms with Crippen LogP contribution in [-0.4, -0.2) is 50.6 Å². The van der Waals surface area contributed by atoms with Crippen LogP contribution in [0.4, 0.5) is 0 Å². The number of nitrogens with two attached hydrogens (primary N) is 1. The van der Waals surface area contributed by atoms with Gasteiger partial charge in [-0.3, -0.25) is 4.90 Å². The van der Waals surface area contributed by atoms with Crippen LogP contribution in [0.5, 0.6) is 0 Å². The molecule has 0 amide bonds. The molecule has 0 aliphatic carbocycles. The Morgan fingerprint density at radius 1 is 1.29 bits per heavy atom. The standard InChI is InChI=1S/C11H19Br2N3S/c1-15(2)4-5-16(3)9(7-14)10-6-8(12)11(13)17-10/h6,9H,4-5,7,14H2,1-3H3. The van der Waals surface area contributed by atoms with Gasteiger partial charge >= 0.3 is 0 Å². The second-order valence-electron chi connectivity index (χ2n) is 4.31. The molecule has 2 N–H and O–H groups in total. The van der Waals surface area contributed by atoms with E-state index in [0.717, 1.165) is 21.3 Å². The minimum absolute atomic E-state index is 0.294. The minimum Gasteiger partial charge on any atom is -0.329 e. The number of hydrogen-bond donors (Lipinski definition) is 1. The summed E-state index contributed by atoms with van der Waals surface area (Å²) in [6, 6.07) is 2.45. The van der Waals surface area contributed by atoms with Gasteiger partial charge in [-0.25, -0.2) is 0 Å². The molecule has 0 aliphatic rings. The van der Waals surface area contributed by atoms with Gasteiger partial charge in [0.2, 0.25) is 0 Å². The third-order valence-electron chi connectivity index (χ3n) is 2.65. The zero-order valence-corrected chi connectivity index (χ0v) is 14.4. The van der Waals surface area contributed by atoms with E-state index in [1.807, 2.05) is 0 Å². The highest BCUT2D eigenvalue weighted by atomic mass is 79.9. The van der Waals surface area contributed by atoms with E-state index in [4.69, 9.17) is 5.73 Å². The lowest BCUT2D eigenvalue weighted by atomic mass is 10.2. The molecule has 1 unspecified atom stereocenters. The molecule has 98 valence electrons. The van der Waals surface area contributed by atoms with Crippen LogP contribution in [0, 0.1) is 0 Å². The van der Waals surface area contributed by atoms with Gasteiger partial charge in [-0.15, -0.1) is 11.3 Å². The number of halogens is 2. The molecule has 0 saturated heterocycles. The Balaban J connectivity index is 2.70. The van der Waals surface area contributed by atoms with E-state index in [1.54, 1.807) is 11.3 Å². The molecular weight excluding hydrogens is 366 g/mol. The van der Waals surface area contributed by atoms with E-state index in [9.17, 15) is 0 Å². The maximum Gasteiger partial charge on any atom is 0.0843 e. The molecule has 1 heterocycles. The predicted octanol–water partition coefficient (Wildman–Crippen LogP) is 2.77. The highest BCUT2D eigenvalue weighted by Crippen LogP contribution is 2.36. The van der Waals surface area contributed by atoms with Crippen LogP contribution in [0.3, 0.4) is 0 Å². The van der Waals surface area contributed by atoms with Crippen molar-refractivity contribution in [2.24, 2.45) is 5.73 Å². The molecule has 0 saturated carbocycles. The van der Waals surface area contributed by atoms with Crippen molar-refractivity contribution in [1.82, 2.24) is 9.80 Å². The van der Waals surface area contributed by atoms with Gasteiger partial charge < -0.3 is 10.6 Å². The van der Waals surface area contributed by atoms with E-state index < -0.39 is 0 Å². The minimum atomic E-state index is 0.294. The highest BCUT2D eigenvalue weighted by Gasteiger charge is 2.18. The number of rotatable bonds is 6. The molecule has 1 atom stereocenters. The molecule has 0 fully saturated rings. The average Bonchev–Trinajstić information content (AvgIpc) is 2.57. The first-order valence-corrected chi connectivity index (χ1v) is 7.85. The smallest absolute Gasteiger partial charge is 0.0843 e. The Hall–Kier alpha value is 0.540. The third-order valence-corrected chi connectivity index (χ3v) is 6.01. The summed E-state index contributed by atoms with van der Waals surface area (Å²) in [7, 11) is 6.30. The molecule has 0 spiro atoms. The van der Waals surface area contributed by atoms with Gasteiger partial charge in [0.05, 0.1) is 9.83 Å². The topological polar surface area (TPSA) is 32.5 Å². The highest BCUT2D eigenvalue weighted by molar-refractivity contribution is 9.13. The Bertz CT molecular complexity index is 335. The summed E-state index contributed by atoms with van der Waals surface area (Å²) >= 11 is 8.79. The predicted molar refractivity (Wildman–Crippen MR) is 82.7 cm³/mol. The van der Waals surface area contributed by atoms with Crippen molar-refractivity contribution < 1.29 is 0 Å². The van der Waals surface area contributed by atoms with Gasteiger partial charge in [-0.05, 0) is 59.1 Å². The van der Waals surface area contributed by atoms with Crippen LogP contribution >= 0.6 is 43.2 Å². The Kier molecular flexibility index (Phi) is 6.61. The van der Waals surface area contributed by atoms with Gasteiger partial charge in [0.1, 0.15) is 0 Å². The van der Waals surface area contributed by atoms with E-state index >= 15 is 0 Å². The van der Waals surface area contributed by atoms with Crippen molar-refractivity contribution >= 4 is 43.2 Å². The van der Waals surface area contributed by atoms with Gasteiger partial charge in [0, 0.05) is 29.0 Å². The lowest BCUT2D eigenvalue weighted by molar-refractivity contribution is 0.225. The summed E-state index contributed by atoms with van der Waals surface area (Å²) in [4.78, 5) is 5.79. The fourth-order valence-corrected chi connectivity index (χ4v) is 3.82. The van der Waals surface area contributed by atoms with Crippen LogP contribution in [0.15, 0.2) is 14.3 Å². The summed E-state index contributed by atoms with van der Waals surface area (Å²) in [6.07, 6.45) is 0. The molecule has 3 nitrogen and oxygen atoms in total. The molecule has 1 aromatic rings. The summed E-state index contributed by atoms with van der Waals surface area (Å²) in [5, 5.41) is 0. The lowest BCUT2D eigenvalue weighted by Crippen LogP contribution is -2.35. The maximum absolute atomic E-state index is 5.89. The molecule has 0 aromatic carbocycles. The molecule has 6 heteroatoms. The second-order valence-corrected chi connectivity index (χ2v) is 7.56. The van der Waals surface area contributed by atoms with E-state index in [0.29, 0.717) is 12.6 Å². The van der Waals surface area contributed by atoms with Crippen molar-refractivity contribution in [1.29, 1.82) is 0 Å². The largest absolute Gasteiger partial charge is 0.329 e. The summed E-state index contributed by atoms with van der Waals surface area (Å²) < 4.78 is 2.24.